The standard InChI is InChI=1S/C22H31N5O5/c1-5-7-10-13-27-21(30)16-12-9-8-11-15(16)18(26-27)20(29)25-24-19(28)17(14(3)4)23-22(31)32-6-2/h8-9,11-12,14,17H,5-7,10,13H2,1-4H3,(H,23,31)(H,24,28)(H,25,29). The largest absolute Gasteiger partial charge is 0.450 e. The normalized spacial score (nSPS) is 11.8. The highest BCUT2D eigenvalue weighted by Gasteiger charge is 2.26. The maximum atomic E-state index is 12.9. The van der Waals surface area contributed by atoms with E-state index in [1.165, 1.54) is 4.68 Å². The number of ether oxygens (including phenoxy) is 1. The number of hydrazine groups is 1. The first-order chi connectivity index (χ1) is 15.3. The van der Waals surface area contributed by atoms with Crippen molar-refractivity contribution in [1.82, 2.24) is 25.9 Å². The third-order valence-corrected chi connectivity index (χ3v) is 4.85. The highest BCUT2D eigenvalue weighted by Crippen LogP contribution is 2.13. The van der Waals surface area contributed by atoms with Crippen molar-refractivity contribution in [2.75, 3.05) is 6.61 Å². The summed E-state index contributed by atoms with van der Waals surface area (Å²) in [6, 6.07) is 5.79. The van der Waals surface area contributed by atoms with Crippen LogP contribution < -0.4 is 21.7 Å². The molecule has 2 aromatic rings. The Balaban J connectivity index is 2.22. The molecule has 3 N–H and O–H groups in total. The average Bonchev–Trinajstić information content (AvgIpc) is 2.77. The molecule has 0 aliphatic carbocycles. The van der Waals surface area contributed by atoms with Crippen LogP contribution in [-0.2, 0) is 16.1 Å². The molecular weight excluding hydrogens is 414 g/mol. The van der Waals surface area contributed by atoms with Gasteiger partial charge in [0, 0.05) is 11.9 Å². The van der Waals surface area contributed by atoms with Crippen LogP contribution in [0.1, 0.15) is 57.4 Å². The summed E-state index contributed by atoms with van der Waals surface area (Å²) in [5, 5.41) is 7.49. The van der Waals surface area contributed by atoms with E-state index in [0.29, 0.717) is 17.3 Å². The molecule has 0 saturated carbocycles. The van der Waals surface area contributed by atoms with Crippen molar-refractivity contribution in [2.45, 2.75) is 59.5 Å². The highest BCUT2D eigenvalue weighted by molar-refractivity contribution is 6.05. The number of nitrogens with one attached hydrogen (secondary N) is 3. The second kappa shape index (κ2) is 11.8. The second-order valence-electron chi connectivity index (χ2n) is 7.66. The number of rotatable bonds is 9. The number of nitrogens with zero attached hydrogens (tertiary/aromatic N) is 2. The molecule has 0 aliphatic rings. The van der Waals surface area contributed by atoms with Gasteiger partial charge in [0.15, 0.2) is 5.69 Å². The number of hydrogen-bond acceptors (Lipinski definition) is 6. The van der Waals surface area contributed by atoms with E-state index in [0.717, 1.165) is 19.3 Å². The minimum atomic E-state index is -0.915. The van der Waals surface area contributed by atoms with Gasteiger partial charge in [0.1, 0.15) is 6.04 Å². The van der Waals surface area contributed by atoms with E-state index in [-0.39, 0.29) is 23.8 Å². The molecule has 10 heteroatoms. The summed E-state index contributed by atoms with van der Waals surface area (Å²) in [6.07, 6.45) is 1.95. The van der Waals surface area contributed by atoms with E-state index >= 15 is 0 Å². The third kappa shape index (κ3) is 6.29. The Morgan fingerprint density at radius 3 is 2.38 bits per heavy atom. The van der Waals surface area contributed by atoms with Gasteiger partial charge in [-0.3, -0.25) is 25.2 Å². The van der Waals surface area contributed by atoms with Crippen molar-refractivity contribution in [3.05, 3.63) is 40.3 Å². The van der Waals surface area contributed by atoms with E-state index in [2.05, 4.69) is 28.2 Å². The van der Waals surface area contributed by atoms with Crippen LogP contribution in [0.25, 0.3) is 10.8 Å². The van der Waals surface area contributed by atoms with E-state index in [4.69, 9.17) is 4.74 Å². The molecule has 0 bridgehead atoms. The number of fused-ring (bicyclic) bond motifs is 1. The van der Waals surface area contributed by atoms with Crippen LogP contribution in [0.2, 0.25) is 0 Å². The van der Waals surface area contributed by atoms with Crippen LogP contribution in [0.3, 0.4) is 0 Å². The average molecular weight is 446 g/mol. The van der Waals surface area contributed by atoms with E-state index in [9.17, 15) is 19.2 Å². The molecule has 1 aromatic heterocycles. The molecule has 2 rings (SSSR count). The fraction of sp³-hybridized carbons (Fsp3) is 0.500. The van der Waals surface area contributed by atoms with Crippen LogP contribution in [0.5, 0.6) is 0 Å². The van der Waals surface area contributed by atoms with E-state index in [1.54, 1.807) is 45.0 Å². The number of carbonyl (C=O) groups is 3. The zero-order chi connectivity index (χ0) is 23.7. The summed E-state index contributed by atoms with van der Waals surface area (Å²) in [4.78, 5) is 49.8. The number of amides is 3. The number of hydrogen-bond donors (Lipinski definition) is 3. The van der Waals surface area contributed by atoms with Gasteiger partial charge in [-0.1, -0.05) is 51.8 Å². The first-order valence-corrected chi connectivity index (χ1v) is 10.8. The van der Waals surface area contributed by atoms with Crippen molar-refractivity contribution in [1.29, 1.82) is 0 Å². The molecule has 1 unspecified atom stereocenters. The van der Waals surface area contributed by atoms with Crippen LogP contribution in [0.4, 0.5) is 4.79 Å². The predicted octanol–water partition coefficient (Wildman–Crippen LogP) is 2.12. The van der Waals surface area contributed by atoms with Crippen molar-refractivity contribution in [3.63, 3.8) is 0 Å². The zero-order valence-corrected chi connectivity index (χ0v) is 18.9. The molecule has 1 aromatic carbocycles. The van der Waals surface area contributed by atoms with Gasteiger partial charge in [-0.05, 0) is 25.3 Å². The lowest BCUT2D eigenvalue weighted by molar-refractivity contribution is -0.124. The first-order valence-electron chi connectivity index (χ1n) is 10.8. The van der Waals surface area contributed by atoms with Gasteiger partial charge in [-0.15, -0.1) is 0 Å². The van der Waals surface area contributed by atoms with Crippen LogP contribution in [-0.4, -0.2) is 40.3 Å². The Morgan fingerprint density at radius 1 is 1.06 bits per heavy atom. The van der Waals surface area contributed by atoms with Crippen LogP contribution in [0.15, 0.2) is 29.1 Å². The Bertz CT molecular complexity index is 1020. The summed E-state index contributed by atoms with van der Waals surface area (Å²) in [5.74, 6) is -1.53. The van der Waals surface area contributed by atoms with Gasteiger partial charge in [0.25, 0.3) is 17.4 Å². The first kappa shape index (κ1) is 24.8. The Morgan fingerprint density at radius 2 is 1.75 bits per heavy atom. The van der Waals surface area contributed by atoms with Crippen LogP contribution >= 0.6 is 0 Å². The number of carbonyl (C=O) groups excluding carboxylic acids is 3. The quantitative estimate of drug-likeness (QED) is 0.400. The van der Waals surface area contributed by atoms with Gasteiger partial charge in [-0.25, -0.2) is 9.48 Å². The van der Waals surface area contributed by atoms with Gasteiger partial charge >= 0.3 is 6.09 Å². The van der Waals surface area contributed by atoms with Crippen molar-refractivity contribution >= 4 is 28.7 Å². The molecule has 1 heterocycles. The van der Waals surface area contributed by atoms with Crippen LogP contribution in [0, 0.1) is 5.92 Å². The monoisotopic (exact) mass is 445 g/mol. The van der Waals surface area contributed by atoms with E-state index < -0.39 is 23.9 Å². The lowest BCUT2D eigenvalue weighted by Gasteiger charge is -2.21. The topological polar surface area (TPSA) is 131 Å². The third-order valence-electron chi connectivity index (χ3n) is 4.85. The summed E-state index contributed by atoms with van der Waals surface area (Å²) in [7, 11) is 0. The van der Waals surface area contributed by atoms with Gasteiger partial charge in [-0.2, -0.15) is 5.10 Å². The minimum Gasteiger partial charge on any atom is -0.450 e. The lowest BCUT2D eigenvalue weighted by Crippen LogP contribution is -2.54. The maximum Gasteiger partial charge on any atom is 0.407 e. The lowest BCUT2D eigenvalue weighted by atomic mass is 10.0. The Hall–Kier alpha value is -3.43. The maximum absolute atomic E-state index is 12.9. The summed E-state index contributed by atoms with van der Waals surface area (Å²) < 4.78 is 6.11. The number of unbranched alkanes of at least 4 members (excludes halogenated alkanes) is 2. The summed E-state index contributed by atoms with van der Waals surface area (Å²) in [6.45, 7) is 7.77. The number of benzene rings is 1. The number of aryl methyl sites for hydroxylation is 1. The fourth-order valence-corrected chi connectivity index (χ4v) is 3.16. The van der Waals surface area contributed by atoms with Crippen molar-refractivity contribution in [2.24, 2.45) is 5.92 Å². The molecule has 10 nitrogen and oxygen atoms in total. The van der Waals surface area contributed by atoms with Crippen molar-refractivity contribution in [3.8, 4) is 0 Å². The SMILES string of the molecule is CCCCCn1nc(C(=O)NNC(=O)C(NC(=O)OCC)C(C)C)c2ccccc2c1=O. The number of aromatic nitrogens is 2. The molecule has 174 valence electrons. The molecule has 1 atom stereocenters. The van der Waals surface area contributed by atoms with E-state index in [1.807, 2.05) is 0 Å². The Kier molecular flexibility index (Phi) is 9.18. The van der Waals surface area contributed by atoms with Gasteiger partial charge in [0.2, 0.25) is 0 Å². The van der Waals surface area contributed by atoms with Gasteiger partial charge in [0.05, 0.1) is 12.0 Å². The Labute approximate surface area is 186 Å². The van der Waals surface area contributed by atoms with Crippen molar-refractivity contribution < 1.29 is 19.1 Å². The zero-order valence-electron chi connectivity index (χ0n) is 18.9. The molecule has 0 fully saturated rings. The minimum absolute atomic E-state index is 0.0245. The molecular formula is C22H31N5O5. The molecule has 0 radical (unpaired) electrons. The molecule has 0 spiro atoms. The summed E-state index contributed by atoms with van der Waals surface area (Å²) >= 11 is 0. The molecule has 0 saturated heterocycles. The molecule has 0 aliphatic heterocycles. The fourth-order valence-electron chi connectivity index (χ4n) is 3.16. The molecule has 3 amide bonds. The predicted molar refractivity (Wildman–Crippen MR) is 120 cm³/mol. The summed E-state index contributed by atoms with van der Waals surface area (Å²) in [5.41, 5.74) is 4.42. The number of alkyl carbamates (subject to hydrolysis) is 1. The highest BCUT2D eigenvalue weighted by atomic mass is 16.5. The second-order valence-corrected chi connectivity index (χ2v) is 7.66. The van der Waals surface area contributed by atoms with Gasteiger partial charge < -0.3 is 10.1 Å². The molecule has 32 heavy (non-hydrogen) atoms. The smallest absolute Gasteiger partial charge is 0.407 e.